The highest BCUT2D eigenvalue weighted by atomic mass is 16.5. The summed E-state index contributed by atoms with van der Waals surface area (Å²) in [7, 11) is 3.22. The lowest BCUT2D eigenvalue weighted by atomic mass is 9.92. The van der Waals surface area contributed by atoms with E-state index in [-0.39, 0.29) is 5.91 Å². The van der Waals surface area contributed by atoms with Crippen LogP contribution in [0.3, 0.4) is 0 Å². The van der Waals surface area contributed by atoms with E-state index in [9.17, 15) is 4.79 Å². The van der Waals surface area contributed by atoms with Crippen molar-refractivity contribution in [2.24, 2.45) is 0 Å². The zero-order chi connectivity index (χ0) is 19.8. The molecule has 3 rings (SSSR count). The summed E-state index contributed by atoms with van der Waals surface area (Å²) in [4.78, 5) is 12.1. The molecule has 28 heavy (non-hydrogen) atoms. The molecule has 0 atom stereocenters. The third-order valence-corrected chi connectivity index (χ3v) is 5.10. The van der Waals surface area contributed by atoms with Crippen molar-refractivity contribution < 1.29 is 19.0 Å². The van der Waals surface area contributed by atoms with Crippen LogP contribution < -0.4 is 19.5 Å². The van der Waals surface area contributed by atoms with Crippen LogP contribution in [0.4, 0.5) is 0 Å². The molecular formula is C23H29NO4. The molecule has 0 fully saturated rings. The Hall–Kier alpha value is -2.69. The fourth-order valence-corrected chi connectivity index (χ4v) is 3.54. The van der Waals surface area contributed by atoms with E-state index >= 15 is 0 Å². The number of rotatable bonds is 9. The lowest BCUT2D eigenvalue weighted by Crippen LogP contribution is -2.28. The van der Waals surface area contributed by atoms with Crippen LogP contribution in [0.5, 0.6) is 17.2 Å². The molecule has 0 heterocycles. The summed E-state index contributed by atoms with van der Waals surface area (Å²) in [5, 5.41) is 2.92. The number of nitrogens with one attached hydrogen (secondary N) is 1. The first-order chi connectivity index (χ1) is 13.7. The number of aryl methyl sites for hydroxylation is 3. The van der Waals surface area contributed by atoms with Gasteiger partial charge in [-0.1, -0.05) is 12.1 Å². The molecule has 2 aromatic rings. The molecule has 0 aliphatic heterocycles. The lowest BCUT2D eigenvalue weighted by molar-refractivity contribution is -0.121. The molecule has 0 radical (unpaired) electrons. The second kappa shape index (κ2) is 10.0. The van der Waals surface area contributed by atoms with E-state index in [4.69, 9.17) is 14.2 Å². The molecule has 0 aromatic heterocycles. The molecule has 0 saturated carbocycles. The Morgan fingerprint density at radius 3 is 2.54 bits per heavy atom. The Morgan fingerprint density at radius 2 is 1.75 bits per heavy atom. The largest absolute Gasteiger partial charge is 0.493 e. The van der Waals surface area contributed by atoms with Crippen LogP contribution in [0.25, 0.3) is 0 Å². The van der Waals surface area contributed by atoms with E-state index in [2.05, 4.69) is 17.4 Å². The molecule has 0 saturated heterocycles. The monoisotopic (exact) mass is 383 g/mol. The standard InChI is InChI=1S/C23H29NO4/c1-26-21-11-7-17(15-22(21)27-2)8-12-23(25)24-13-14-28-20-10-9-18-5-3-4-6-19(18)16-20/h7,9-11,15-16H,3-6,8,12-14H2,1-2H3,(H,24,25). The molecule has 5 nitrogen and oxygen atoms in total. The number of amides is 1. The summed E-state index contributed by atoms with van der Waals surface area (Å²) in [5.41, 5.74) is 3.89. The molecule has 0 unspecified atom stereocenters. The van der Waals surface area contributed by atoms with Crippen molar-refractivity contribution in [2.45, 2.75) is 38.5 Å². The molecule has 1 aliphatic carbocycles. The van der Waals surface area contributed by atoms with Crippen LogP contribution in [-0.4, -0.2) is 33.3 Å². The average molecular weight is 383 g/mol. The highest BCUT2D eigenvalue weighted by Crippen LogP contribution is 2.28. The maximum atomic E-state index is 12.1. The minimum absolute atomic E-state index is 0.0174. The number of fused-ring (bicyclic) bond motifs is 1. The second-order valence-electron chi connectivity index (χ2n) is 7.03. The maximum Gasteiger partial charge on any atom is 0.220 e. The van der Waals surface area contributed by atoms with Gasteiger partial charge < -0.3 is 19.5 Å². The van der Waals surface area contributed by atoms with Crippen molar-refractivity contribution in [1.82, 2.24) is 5.32 Å². The first-order valence-electron chi connectivity index (χ1n) is 9.92. The topological polar surface area (TPSA) is 56.8 Å². The number of methoxy groups -OCH3 is 2. The molecule has 1 N–H and O–H groups in total. The molecular weight excluding hydrogens is 354 g/mol. The minimum atomic E-state index is 0.0174. The van der Waals surface area contributed by atoms with E-state index < -0.39 is 0 Å². The SMILES string of the molecule is COc1ccc(CCC(=O)NCCOc2ccc3c(c2)CCCC3)cc1OC. The van der Waals surface area contributed by atoms with E-state index in [1.807, 2.05) is 24.3 Å². The van der Waals surface area contributed by atoms with Gasteiger partial charge in [0.25, 0.3) is 0 Å². The van der Waals surface area contributed by atoms with Gasteiger partial charge in [0.05, 0.1) is 20.8 Å². The molecule has 5 heteroatoms. The molecule has 1 aliphatic rings. The van der Waals surface area contributed by atoms with Crippen molar-refractivity contribution in [3.8, 4) is 17.2 Å². The summed E-state index contributed by atoms with van der Waals surface area (Å²) in [5.74, 6) is 2.28. The van der Waals surface area contributed by atoms with Gasteiger partial charge in [0.15, 0.2) is 11.5 Å². The second-order valence-corrected chi connectivity index (χ2v) is 7.03. The van der Waals surface area contributed by atoms with Gasteiger partial charge in [-0.15, -0.1) is 0 Å². The molecule has 1 amide bonds. The molecule has 0 bridgehead atoms. The van der Waals surface area contributed by atoms with Crippen LogP contribution in [0.15, 0.2) is 36.4 Å². The zero-order valence-electron chi connectivity index (χ0n) is 16.8. The van der Waals surface area contributed by atoms with Gasteiger partial charge in [0.2, 0.25) is 5.91 Å². The van der Waals surface area contributed by atoms with Gasteiger partial charge in [-0.3, -0.25) is 4.79 Å². The number of ether oxygens (including phenoxy) is 3. The summed E-state index contributed by atoms with van der Waals surface area (Å²) < 4.78 is 16.3. The van der Waals surface area contributed by atoms with E-state index in [1.54, 1.807) is 14.2 Å². The van der Waals surface area contributed by atoms with Gasteiger partial charge in [-0.05, 0) is 73.1 Å². The first-order valence-corrected chi connectivity index (χ1v) is 9.92. The summed E-state index contributed by atoms with van der Waals surface area (Å²) in [6, 6.07) is 12.1. The lowest BCUT2D eigenvalue weighted by Gasteiger charge is -2.17. The highest BCUT2D eigenvalue weighted by Gasteiger charge is 2.10. The first kappa shape index (κ1) is 20.1. The van der Waals surface area contributed by atoms with Crippen molar-refractivity contribution >= 4 is 5.91 Å². The van der Waals surface area contributed by atoms with Crippen LogP contribution >= 0.6 is 0 Å². The quantitative estimate of drug-likeness (QED) is 0.671. The molecule has 2 aromatic carbocycles. The van der Waals surface area contributed by atoms with Gasteiger partial charge >= 0.3 is 0 Å². The Balaban J connectivity index is 1.38. The number of hydrogen-bond donors (Lipinski definition) is 1. The number of hydrogen-bond acceptors (Lipinski definition) is 4. The Labute approximate surface area is 167 Å². The smallest absolute Gasteiger partial charge is 0.220 e. The average Bonchev–Trinajstić information content (AvgIpc) is 2.74. The van der Waals surface area contributed by atoms with Crippen molar-refractivity contribution in [1.29, 1.82) is 0 Å². The van der Waals surface area contributed by atoms with Crippen LogP contribution in [0.1, 0.15) is 36.0 Å². The zero-order valence-corrected chi connectivity index (χ0v) is 16.8. The van der Waals surface area contributed by atoms with Crippen LogP contribution in [-0.2, 0) is 24.1 Å². The van der Waals surface area contributed by atoms with E-state index in [0.717, 1.165) is 17.7 Å². The van der Waals surface area contributed by atoms with Crippen molar-refractivity contribution in [3.63, 3.8) is 0 Å². The number of carbonyl (C=O) groups is 1. The summed E-state index contributed by atoms with van der Waals surface area (Å²) in [6.07, 6.45) is 5.92. The third-order valence-electron chi connectivity index (χ3n) is 5.10. The Morgan fingerprint density at radius 1 is 0.964 bits per heavy atom. The predicted octanol–water partition coefficient (Wildman–Crippen LogP) is 3.71. The summed E-state index contributed by atoms with van der Waals surface area (Å²) in [6.45, 7) is 0.975. The van der Waals surface area contributed by atoms with E-state index in [1.165, 1.54) is 30.4 Å². The van der Waals surface area contributed by atoms with Crippen LogP contribution in [0, 0.1) is 0 Å². The maximum absolute atomic E-state index is 12.1. The van der Waals surface area contributed by atoms with Gasteiger partial charge in [0, 0.05) is 6.42 Å². The third kappa shape index (κ3) is 5.41. The van der Waals surface area contributed by atoms with Gasteiger partial charge in [-0.25, -0.2) is 0 Å². The fraction of sp³-hybridized carbons (Fsp3) is 0.435. The van der Waals surface area contributed by atoms with Crippen molar-refractivity contribution in [2.75, 3.05) is 27.4 Å². The minimum Gasteiger partial charge on any atom is -0.493 e. The normalized spacial score (nSPS) is 12.8. The molecule has 0 spiro atoms. The summed E-state index contributed by atoms with van der Waals surface area (Å²) >= 11 is 0. The van der Waals surface area contributed by atoms with E-state index in [0.29, 0.717) is 37.5 Å². The van der Waals surface area contributed by atoms with Gasteiger partial charge in [-0.2, -0.15) is 0 Å². The van der Waals surface area contributed by atoms with Gasteiger partial charge in [0.1, 0.15) is 12.4 Å². The predicted molar refractivity (Wildman–Crippen MR) is 109 cm³/mol. The molecule has 150 valence electrons. The Kier molecular flexibility index (Phi) is 7.18. The fourth-order valence-electron chi connectivity index (χ4n) is 3.54. The highest BCUT2D eigenvalue weighted by molar-refractivity contribution is 5.76. The Bertz CT molecular complexity index is 803. The van der Waals surface area contributed by atoms with Crippen LogP contribution in [0.2, 0.25) is 0 Å². The van der Waals surface area contributed by atoms with Crippen molar-refractivity contribution in [3.05, 3.63) is 53.1 Å². The number of benzene rings is 2. The number of carbonyl (C=O) groups excluding carboxylic acids is 1.